The average Bonchev–Trinajstić information content (AvgIpc) is 3.23. The molecule has 2 aromatic carbocycles. The van der Waals surface area contributed by atoms with E-state index in [1.165, 1.54) is 24.3 Å². The van der Waals surface area contributed by atoms with E-state index < -0.39 is 5.91 Å². The van der Waals surface area contributed by atoms with Crippen molar-refractivity contribution in [2.45, 2.75) is 6.61 Å². The fraction of sp³-hybridized carbons (Fsp3) is 0.200. The molecule has 0 aliphatic carbocycles. The van der Waals surface area contributed by atoms with Crippen LogP contribution in [-0.4, -0.2) is 42.3 Å². The van der Waals surface area contributed by atoms with E-state index in [9.17, 15) is 14.0 Å². The second-order valence-corrected chi connectivity index (χ2v) is 7.09. The van der Waals surface area contributed by atoms with Crippen LogP contribution >= 0.6 is 11.3 Å². The molecule has 30 heavy (non-hydrogen) atoms. The van der Waals surface area contributed by atoms with Crippen molar-refractivity contribution >= 4 is 28.8 Å². The largest absolute Gasteiger partial charge is 0.486 e. The number of anilines is 1. The molecule has 2 amide bonds. The van der Waals surface area contributed by atoms with E-state index in [4.69, 9.17) is 9.47 Å². The van der Waals surface area contributed by atoms with Crippen molar-refractivity contribution in [3.63, 3.8) is 0 Å². The van der Waals surface area contributed by atoms with Gasteiger partial charge in [-0.1, -0.05) is 17.4 Å². The van der Waals surface area contributed by atoms with Gasteiger partial charge in [0.1, 0.15) is 18.2 Å². The van der Waals surface area contributed by atoms with Crippen LogP contribution in [0, 0.1) is 5.82 Å². The number of amides is 2. The smallest absolute Gasteiger partial charge is 0.286 e. The van der Waals surface area contributed by atoms with Crippen molar-refractivity contribution in [2.24, 2.45) is 0 Å². The first-order valence-corrected chi connectivity index (χ1v) is 9.76. The van der Waals surface area contributed by atoms with Gasteiger partial charge in [0, 0.05) is 24.9 Å². The minimum Gasteiger partial charge on any atom is -0.486 e. The number of carbonyl (C=O) groups excluding carboxylic acids is 2. The van der Waals surface area contributed by atoms with Crippen LogP contribution in [0.1, 0.15) is 25.2 Å². The molecule has 2 N–H and O–H groups in total. The Bertz CT molecular complexity index is 1010. The third-order valence-electron chi connectivity index (χ3n) is 3.81. The lowest BCUT2D eigenvalue weighted by Crippen LogP contribution is -2.27. The summed E-state index contributed by atoms with van der Waals surface area (Å²) < 4.78 is 23.3. The molecule has 0 aliphatic rings. The maximum absolute atomic E-state index is 12.9. The van der Waals surface area contributed by atoms with Crippen LogP contribution in [0.4, 0.5) is 10.1 Å². The van der Waals surface area contributed by atoms with Crippen molar-refractivity contribution in [2.75, 3.05) is 25.6 Å². The molecular formula is C20H19FN4O4S. The Labute approximate surface area is 176 Å². The zero-order chi connectivity index (χ0) is 21.3. The van der Waals surface area contributed by atoms with Crippen molar-refractivity contribution in [3.8, 4) is 5.75 Å². The highest BCUT2D eigenvalue weighted by Crippen LogP contribution is 2.17. The lowest BCUT2D eigenvalue weighted by atomic mass is 10.2. The molecule has 1 aromatic heterocycles. The molecule has 8 nitrogen and oxygen atoms in total. The quantitative estimate of drug-likeness (QED) is 0.506. The van der Waals surface area contributed by atoms with E-state index in [0.29, 0.717) is 35.2 Å². The number of benzene rings is 2. The molecule has 0 saturated carbocycles. The average molecular weight is 430 g/mol. The molecule has 156 valence electrons. The Balaban J connectivity index is 1.56. The summed E-state index contributed by atoms with van der Waals surface area (Å²) in [5.41, 5.74) is 0.869. The molecule has 10 heteroatoms. The summed E-state index contributed by atoms with van der Waals surface area (Å²) in [7, 11) is 1.55. The van der Waals surface area contributed by atoms with Crippen LogP contribution in [0.5, 0.6) is 5.75 Å². The number of carbonyl (C=O) groups is 2. The zero-order valence-electron chi connectivity index (χ0n) is 16.1. The van der Waals surface area contributed by atoms with Crippen molar-refractivity contribution in [3.05, 3.63) is 69.9 Å². The van der Waals surface area contributed by atoms with Gasteiger partial charge in [-0.25, -0.2) is 4.39 Å². The van der Waals surface area contributed by atoms with Gasteiger partial charge in [-0.05, 0) is 42.5 Å². The Kier molecular flexibility index (Phi) is 7.41. The van der Waals surface area contributed by atoms with Crippen LogP contribution in [0.2, 0.25) is 0 Å². The van der Waals surface area contributed by atoms with E-state index in [-0.39, 0.29) is 23.3 Å². The molecular weight excluding hydrogens is 411 g/mol. The number of rotatable bonds is 9. The Morgan fingerprint density at radius 3 is 2.67 bits per heavy atom. The highest BCUT2D eigenvalue weighted by molar-refractivity contribution is 7.13. The Morgan fingerprint density at radius 1 is 1.10 bits per heavy atom. The molecule has 0 bridgehead atoms. The van der Waals surface area contributed by atoms with Gasteiger partial charge in [-0.3, -0.25) is 9.59 Å². The van der Waals surface area contributed by atoms with Gasteiger partial charge in [-0.15, -0.1) is 10.2 Å². The zero-order valence-corrected chi connectivity index (χ0v) is 16.9. The van der Waals surface area contributed by atoms with Gasteiger partial charge >= 0.3 is 0 Å². The van der Waals surface area contributed by atoms with Crippen LogP contribution in [0.25, 0.3) is 0 Å². The first-order chi connectivity index (χ1) is 14.5. The minimum atomic E-state index is -0.447. The highest BCUT2D eigenvalue weighted by atomic mass is 32.1. The fourth-order valence-electron chi connectivity index (χ4n) is 2.37. The molecule has 3 aromatic rings. The molecule has 0 radical (unpaired) electrons. The molecule has 0 aliphatic heterocycles. The standard InChI is InChI=1S/C20H19FN4O4S/c1-28-10-9-22-18(26)13-3-2-4-15(11-13)23-19(27)20-25-24-17(30-20)12-29-16-7-5-14(21)6-8-16/h2-8,11H,9-10,12H2,1H3,(H,22,26)(H,23,27). The molecule has 1 heterocycles. The van der Waals surface area contributed by atoms with Gasteiger partial charge < -0.3 is 20.1 Å². The molecule has 3 rings (SSSR count). The fourth-order valence-corrected chi connectivity index (χ4v) is 3.02. The lowest BCUT2D eigenvalue weighted by molar-refractivity contribution is 0.0936. The van der Waals surface area contributed by atoms with Gasteiger partial charge in [-0.2, -0.15) is 0 Å². The number of halogens is 1. The third kappa shape index (κ3) is 6.06. The van der Waals surface area contributed by atoms with Crippen LogP contribution in [-0.2, 0) is 11.3 Å². The summed E-state index contributed by atoms with van der Waals surface area (Å²) in [6.45, 7) is 0.902. The van der Waals surface area contributed by atoms with Gasteiger partial charge in [0.25, 0.3) is 11.8 Å². The van der Waals surface area contributed by atoms with E-state index in [2.05, 4.69) is 20.8 Å². The Morgan fingerprint density at radius 2 is 1.90 bits per heavy atom. The topological polar surface area (TPSA) is 102 Å². The number of nitrogens with zero attached hydrogens (tertiary/aromatic N) is 2. The van der Waals surface area contributed by atoms with E-state index in [0.717, 1.165) is 11.3 Å². The van der Waals surface area contributed by atoms with Crippen molar-refractivity contribution in [1.29, 1.82) is 0 Å². The maximum Gasteiger partial charge on any atom is 0.286 e. The SMILES string of the molecule is COCCNC(=O)c1cccc(NC(=O)c2nnc(COc3ccc(F)cc3)s2)c1. The number of ether oxygens (including phenoxy) is 2. The molecule has 0 fully saturated rings. The second-order valence-electron chi connectivity index (χ2n) is 6.03. The second kappa shape index (κ2) is 10.4. The molecule has 0 saturated heterocycles. The van der Waals surface area contributed by atoms with Crippen molar-refractivity contribution < 1.29 is 23.5 Å². The Hall–Kier alpha value is -3.37. The van der Waals surface area contributed by atoms with E-state index in [1.807, 2.05) is 0 Å². The van der Waals surface area contributed by atoms with Gasteiger partial charge in [0.2, 0.25) is 5.01 Å². The van der Waals surface area contributed by atoms with E-state index >= 15 is 0 Å². The van der Waals surface area contributed by atoms with Gasteiger partial charge in [0.15, 0.2) is 5.01 Å². The summed E-state index contributed by atoms with van der Waals surface area (Å²) in [4.78, 5) is 24.5. The maximum atomic E-state index is 12.9. The first kappa shape index (κ1) is 21.3. The first-order valence-electron chi connectivity index (χ1n) is 8.94. The number of methoxy groups -OCH3 is 1. The number of hydrogen-bond donors (Lipinski definition) is 2. The predicted octanol–water partition coefficient (Wildman–Crippen LogP) is 2.88. The van der Waals surface area contributed by atoms with Crippen LogP contribution in [0.3, 0.4) is 0 Å². The minimum absolute atomic E-state index is 0.105. The number of aromatic nitrogens is 2. The van der Waals surface area contributed by atoms with Crippen molar-refractivity contribution in [1.82, 2.24) is 15.5 Å². The number of hydrogen-bond acceptors (Lipinski definition) is 7. The summed E-state index contributed by atoms with van der Waals surface area (Å²) in [5.74, 6) is -0.580. The summed E-state index contributed by atoms with van der Waals surface area (Å²) >= 11 is 1.08. The summed E-state index contributed by atoms with van der Waals surface area (Å²) in [5, 5.41) is 13.9. The normalized spacial score (nSPS) is 10.5. The molecule has 0 spiro atoms. The van der Waals surface area contributed by atoms with E-state index in [1.54, 1.807) is 31.4 Å². The highest BCUT2D eigenvalue weighted by Gasteiger charge is 2.14. The molecule has 0 unspecified atom stereocenters. The molecule has 0 atom stereocenters. The summed E-state index contributed by atoms with van der Waals surface area (Å²) in [6, 6.07) is 12.1. The van der Waals surface area contributed by atoms with Crippen LogP contribution < -0.4 is 15.4 Å². The number of nitrogens with one attached hydrogen (secondary N) is 2. The third-order valence-corrected chi connectivity index (χ3v) is 4.71. The lowest BCUT2D eigenvalue weighted by Gasteiger charge is -2.07. The summed E-state index contributed by atoms with van der Waals surface area (Å²) in [6.07, 6.45) is 0. The monoisotopic (exact) mass is 430 g/mol. The predicted molar refractivity (Wildman–Crippen MR) is 109 cm³/mol. The van der Waals surface area contributed by atoms with Crippen LogP contribution in [0.15, 0.2) is 48.5 Å². The van der Waals surface area contributed by atoms with Gasteiger partial charge in [0.05, 0.1) is 6.61 Å².